The molecule has 11 heteroatoms. The van der Waals surface area contributed by atoms with Crippen molar-refractivity contribution in [1.82, 2.24) is 14.3 Å². The summed E-state index contributed by atoms with van der Waals surface area (Å²) in [5.41, 5.74) is 1.38. The summed E-state index contributed by atoms with van der Waals surface area (Å²) in [5.74, 6) is 0.470. The van der Waals surface area contributed by atoms with Crippen molar-refractivity contribution in [2.45, 2.75) is 18.9 Å². The summed E-state index contributed by atoms with van der Waals surface area (Å²) in [6, 6.07) is 11.4. The maximum absolute atomic E-state index is 14.0. The number of nitrogens with one attached hydrogen (secondary N) is 1. The Kier molecular flexibility index (Phi) is 6.92. The van der Waals surface area contributed by atoms with Crippen LogP contribution in [-0.4, -0.2) is 48.1 Å². The quantitative estimate of drug-likeness (QED) is 0.551. The van der Waals surface area contributed by atoms with Crippen LogP contribution < -0.4 is 10.1 Å². The van der Waals surface area contributed by atoms with Gasteiger partial charge in [-0.3, -0.25) is 4.98 Å². The number of hydrogen-bond donors (Lipinski definition) is 1. The number of nitrogens with zero attached hydrogens (tertiary/aromatic N) is 5. The minimum Gasteiger partial charge on any atom is -0.454 e. The average Bonchev–Trinajstić information content (AvgIpc) is 2.85. The van der Waals surface area contributed by atoms with E-state index in [1.807, 2.05) is 0 Å². The first-order chi connectivity index (χ1) is 16.8. The second-order valence-electron chi connectivity index (χ2n) is 8.08. The van der Waals surface area contributed by atoms with E-state index in [9.17, 15) is 18.1 Å². The zero-order chi connectivity index (χ0) is 25.0. The Balaban J connectivity index is 1.47. The third-order valence-electron chi connectivity index (χ3n) is 5.62. The maximum Gasteiger partial charge on any atom is 0.211 e. The highest BCUT2D eigenvalue weighted by Gasteiger charge is 2.25. The number of ether oxygens (including phenoxy) is 1. The van der Waals surface area contributed by atoms with Crippen molar-refractivity contribution in [3.05, 3.63) is 65.9 Å². The fourth-order valence-electron chi connectivity index (χ4n) is 3.78. The molecular weight excluding hydrogens is 471 g/mol. The standard InChI is InChI=1S/C24H21FN6O3S/c1-35(32,33)31-6-4-20(5-7-31)30-24-18(12-27)8-22(15-29-24)34-21-9-19(13-28-14-21)16-2-3-17(11-26)23(25)10-16/h2-3,8-10,13-15,20H,4-7H2,1H3,(H,29,30). The van der Waals surface area contributed by atoms with Crippen LogP contribution in [0.25, 0.3) is 11.1 Å². The molecule has 178 valence electrons. The van der Waals surface area contributed by atoms with Gasteiger partial charge in [-0.15, -0.1) is 0 Å². The summed E-state index contributed by atoms with van der Waals surface area (Å²) in [6.45, 7) is 0.818. The number of halogens is 1. The van der Waals surface area contributed by atoms with Gasteiger partial charge < -0.3 is 10.1 Å². The molecule has 0 saturated carbocycles. The Bertz CT molecular complexity index is 1440. The third kappa shape index (κ3) is 5.72. The Hall–Kier alpha value is -4.06. The van der Waals surface area contributed by atoms with Crippen LogP contribution in [0.2, 0.25) is 0 Å². The predicted molar refractivity (Wildman–Crippen MR) is 126 cm³/mol. The molecule has 1 N–H and O–H groups in total. The SMILES string of the molecule is CS(=O)(=O)N1CCC(Nc2ncc(Oc3cncc(-c4ccc(C#N)c(F)c4)c3)cc2C#N)CC1. The molecule has 1 fully saturated rings. The molecule has 0 bridgehead atoms. The summed E-state index contributed by atoms with van der Waals surface area (Å²) < 4.78 is 44.6. The van der Waals surface area contributed by atoms with E-state index in [1.165, 1.54) is 35.1 Å². The van der Waals surface area contributed by atoms with Crippen LogP contribution in [0, 0.1) is 28.5 Å². The predicted octanol–water partition coefficient (Wildman–Crippen LogP) is 3.65. The highest BCUT2D eigenvalue weighted by atomic mass is 32.2. The van der Waals surface area contributed by atoms with Crippen LogP contribution in [0.15, 0.2) is 48.9 Å². The Labute approximate surface area is 202 Å². The number of anilines is 1. The van der Waals surface area contributed by atoms with E-state index in [0.717, 1.165) is 0 Å². The number of nitriles is 2. The largest absolute Gasteiger partial charge is 0.454 e. The minimum atomic E-state index is -3.21. The fourth-order valence-corrected chi connectivity index (χ4v) is 4.65. The highest BCUT2D eigenvalue weighted by Crippen LogP contribution is 2.29. The van der Waals surface area contributed by atoms with E-state index in [4.69, 9.17) is 10.00 Å². The van der Waals surface area contributed by atoms with Crippen molar-refractivity contribution in [1.29, 1.82) is 10.5 Å². The number of pyridine rings is 2. The maximum atomic E-state index is 14.0. The van der Waals surface area contributed by atoms with E-state index in [-0.39, 0.29) is 17.2 Å². The molecule has 2 aromatic heterocycles. The average molecular weight is 493 g/mol. The van der Waals surface area contributed by atoms with Gasteiger partial charge in [0.05, 0.1) is 29.8 Å². The molecule has 3 aromatic rings. The van der Waals surface area contributed by atoms with E-state index >= 15 is 0 Å². The summed E-state index contributed by atoms with van der Waals surface area (Å²) in [7, 11) is -3.21. The van der Waals surface area contributed by atoms with Crippen LogP contribution in [0.1, 0.15) is 24.0 Å². The summed E-state index contributed by atoms with van der Waals surface area (Å²) in [6.07, 6.45) is 6.91. The first-order valence-electron chi connectivity index (χ1n) is 10.7. The number of benzene rings is 1. The second-order valence-corrected chi connectivity index (χ2v) is 10.1. The number of aromatic nitrogens is 2. The van der Waals surface area contributed by atoms with Crippen LogP contribution >= 0.6 is 0 Å². The molecule has 9 nitrogen and oxygen atoms in total. The minimum absolute atomic E-state index is 0.00642. The molecule has 0 aliphatic carbocycles. The van der Waals surface area contributed by atoms with Crippen LogP contribution in [0.4, 0.5) is 10.2 Å². The number of sulfonamides is 1. The highest BCUT2D eigenvalue weighted by molar-refractivity contribution is 7.88. The molecule has 1 aliphatic rings. The molecule has 1 aromatic carbocycles. The molecule has 0 spiro atoms. The van der Waals surface area contributed by atoms with E-state index in [1.54, 1.807) is 30.5 Å². The molecule has 4 rings (SSSR count). The van der Waals surface area contributed by atoms with Gasteiger partial charge in [0.1, 0.15) is 35.3 Å². The lowest BCUT2D eigenvalue weighted by Gasteiger charge is -2.31. The number of rotatable bonds is 6. The van der Waals surface area contributed by atoms with Crippen molar-refractivity contribution in [2.75, 3.05) is 24.7 Å². The van der Waals surface area contributed by atoms with Crippen molar-refractivity contribution >= 4 is 15.8 Å². The van der Waals surface area contributed by atoms with Gasteiger partial charge in [0.25, 0.3) is 0 Å². The Morgan fingerprint density at radius 3 is 2.40 bits per heavy atom. The smallest absolute Gasteiger partial charge is 0.211 e. The lowest BCUT2D eigenvalue weighted by molar-refractivity contribution is 0.331. The molecule has 1 saturated heterocycles. The molecule has 35 heavy (non-hydrogen) atoms. The van der Waals surface area contributed by atoms with Gasteiger partial charge in [0.15, 0.2) is 0 Å². The molecule has 0 unspecified atom stereocenters. The third-order valence-corrected chi connectivity index (χ3v) is 6.92. The van der Waals surface area contributed by atoms with Crippen molar-refractivity contribution in [2.24, 2.45) is 0 Å². The van der Waals surface area contributed by atoms with Crippen molar-refractivity contribution < 1.29 is 17.5 Å². The Morgan fingerprint density at radius 2 is 1.74 bits per heavy atom. The fraction of sp³-hybridized carbons (Fsp3) is 0.250. The van der Waals surface area contributed by atoms with Gasteiger partial charge in [-0.2, -0.15) is 10.5 Å². The molecule has 3 heterocycles. The molecule has 0 amide bonds. The topological polar surface area (TPSA) is 132 Å². The van der Waals surface area contributed by atoms with Crippen LogP contribution in [0.3, 0.4) is 0 Å². The summed E-state index contributed by atoms with van der Waals surface area (Å²) in [4.78, 5) is 8.46. The normalized spacial score (nSPS) is 14.6. The molecule has 0 atom stereocenters. The van der Waals surface area contributed by atoms with Gasteiger partial charge in [-0.1, -0.05) is 6.07 Å². The molecular formula is C24H21FN6O3S. The summed E-state index contributed by atoms with van der Waals surface area (Å²) in [5, 5.41) is 21.7. The molecule has 0 radical (unpaired) electrons. The van der Waals surface area contributed by atoms with Gasteiger partial charge >= 0.3 is 0 Å². The zero-order valence-corrected chi connectivity index (χ0v) is 19.6. The van der Waals surface area contributed by atoms with Gasteiger partial charge in [-0.25, -0.2) is 22.1 Å². The van der Waals surface area contributed by atoms with Gasteiger partial charge in [-0.05, 0) is 36.6 Å². The van der Waals surface area contributed by atoms with Gasteiger partial charge in [0, 0.05) is 37.0 Å². The van der Waals surface area contributed by atoms with E-state index in [2.05, 4.69) is 21.4 Å². The number of hydrogen-bond acceptors (Lipinski definition) is 8. The lowest BCUT2D eigenvalue weighted by Crippen LogP contribution is -2.42. The monoisotopic (exact) mass is 492 g/mol. The van der Waals surface area contributed by atoms with Crippen LogP contribution in [-0.2, 0) is 10.0 Å². The summed E-state index contributed by atoms with van der Waals surface area (Å²) >= 11 is 0. The Morgan fingerprint density at radius 1 is 1.03 bits per heavy atom. The number of piperidine rings is 1. The van der Waals surface area contributed by atoms with Crippen molar-refractivity contribution in [3.63, 3.8) is 0 Å². The first-order valence-corrected chi connectivity index (χ1v) is 12.6. The first kappa shape index (κ1) is 24.1. The zero-order valence-electron chi connectivity index (χ0n) is 18.8. The van der Waals surface area contributed by atoms with Crippen molar-refractivity contribution in [3.8, 4) is 34.8 Å². The van der Waals surface area contributed by atoms with Crippen LogP contribution in [0.5, 0.6) is 11.5 Å². The molecule has 1 aliphatic heterocycles. The van der Waals surface area contributed by atoms with Gasteiger partial charge in [0.2, 0.25) is 10.0 Å². The van der Waals surface area contributed by atoms with E-state index < -0.39 is 15.8 Å². The lowest BCUT2D eigenvalue weighted by atomic mass is 10.1. The van der Waals surface area contributed by atoms with E-state index in [0.29, 0.717) is 54.4 Å². The second kappa shape index (κ2) is 10.1.